The van der Waals surface area contributed by atoms with E-state index in [0.29, 0.717) is 0 Å². The number of hydrogen-bond donors (Lipinski definition) is 15. The third-order valence-electron chi connectivity index (χ3n) is 9.15. The van der Waals surface area contributed by atoms with Gasteiger partial charge in [-0.2, -0.15) is 0 Å². The van der Waals surface area contributed by atoms with Gasteiger partial charge in [-0.3, -0.25) is 0 Å². The van der Waals surface area contributed by atoms with Crippen molar-refractivity contribution in [2.75, 3.05) is 19.8 Å². The summed E-state index contributed by atoms with van der Waals surface area (Å²) in [6, 6.07) is 0. The zero-order chi connectivity index (χ0) is 61.0. The van der Waals surface area contributed by atoms with Gasteiger partial charge in [0.2, 0.25) is 0 Å². The van der Waals surface area contributed by atoms with Gasteiger partial charge in [0.05, 0.1) is 120 Å². The molecule has 414 valence electrons. The number of carboxylic acid groups (broad SMARTS) is 15. The van der Waals surface area contributed by atoms with Crippen molar-refractivity contribution in [3.05, 3.63) is 100 Å². The largest absolute Gasteiger partial charge is 0.478 e. The lowest BCUT2D eigenvalue weighted by atomic mass is 9.86. The van der Waals surface area contributed by atoms with Crippen LogP contribution in [0.3, 0.4) is 0 Å². The van der Waals surface area contributed by atoms with Crippen molar-refractivity contribution in [1.82, 2.24) is 0 Å². The van der Waals surface area contributed by atoms with Crippen molar-refractivity contribution in [2.45, 2.75) is 20.8 Å². The first-order valence-electron chi connectivity index (χ1n) is 19.6. The number of hydrogen-bond acceptors (Lipinski definition) is 21. The Kier molecular flexibility index (Phi) is 21.1. The quantitative estimate of drug-likeness (QED) is 0.0524. The molecule has 0 spiro atoms. The van der Waals surface area contributed by atoms with Crippen molar-refractivity contribution in [1.29, 1.82) is 0 Å². The normalized spacial score (nSPS) is 10.0. The first-order valence-corrected chi connectivity index (χ1v) is 19.6. The van der Waals surface area contributed by atoms with E-state index in [0.717, 1.165) is 0 Å². The predicted molar refractivity (Wildman–Crippen MR) is 232 cm³/mol. The van der Waals surface area contributed by atoms with Crippen molar-refractivity contribution in [3.63, 3.8) is 0 Å². The molecule has 0 bridgehead atoms. The maximum atomic E-state index is 12.0. The SMILES string of the molecule is CCOC(=O)c1c(C(=O)O)c(C(=O)O)c(C(=O)O)c(C(=O)O)c1C(=O)O.CCOC(=O)c1c(C(=O)O)c(C(=O)O)c(C(=O)O)c(C(=O)O)c1C(=O)O.CCOC(=O)c1c(C(=O)O)c(C(=O)O)c(C(=O)O)c(C(=O)O)c1C(=O)O. The summed E-state index contributed by atoms with van der Waals surface area (Å²) in [5.74, 6) is -37.6. The lowest BCUT2D eigenvalue weighted by Gasteiger charge is -2.17. The Labute approximate surface area is 424 Å². The number of aromatic carboxylic acids is 15. The van der Waals surface area contributed by atoms with Crippen LogP contribution < -0.4 is 0 Å². The number of ether oxygens (including phenoxy) is 3. The summed E-state index contributed by atoms with van der Waals surface area (Å²) in [6.45, 7) is 2.63. The summed E-state index contributed by atoms with van der Waals surface area (Å²) >= 11 is 0. The first-order chi connectivity index (χ1) is 35.9. The molecular weight excluding hydrogens is 1080 g/mol. The highest BCUT2D eigenvalue weighted by atomic mass is 16.5. The second-order valence-corrected chi connectivity index (χ2v) is 13.5. The van der Waals surface area contributed by atoms with Crippen molar-refractivity contribution in [3.8, 4) is 0 Å². The van der Waals surface area contributed by atoms with E-state index in [4.69, 9.17) is 15.3 Å². The first kappa shape index (κ1) is 64.1. The van der Waals surface area contributed by atoms with E-state index in [9.17, 15) is 148 Å². The van der Waals surface area contributed by atoms with E-state index in [1.807, 2.05) is 0 Å². The minimum absolute atomic E-state index is 0.386. The standard InChI is InChI=1S/3C14H10O12/c3*1-2-26-14(25)8-6(12(21)22)4(10(17)18)3(9(15)16)5(11(19)20)7(8)13(23)24/h3*2H2,1H3,(H,15,16)(H,17,18)(H,19,20)(H,21,22)(H,23,24). The van der Waals surface area contributed by atoms with Crippen LogP contribution in [0.25, 0.3) is 0 Å². The van der Waals surface area contributed by atoms with E-state index < -0.39 is 208 Å². The van der Waals surface area contributed by atoms with Gasteiger partial charge in [0, 0.05) is 0 Å². The maximum Gasteiger partial charge on any atom is 0.339 e. The average molecular weight is 1110 g/mol. The van der Waals surface area contributed by atoms with E-state index >= 15 is 0 Å². The average Bonchev–Trinajstić information content (AvgIpc) is 3.30. The Bertz CT molecular complexity index is 2770. The zero-order valence-corrected chi connectivity index (χ0v) is 38.4. The molecule has 0 aliphatic heterocycles. The minimum Gasteiger partial charge on any atom is -0.478 e. The van der Waals surface area contributed by atoms with Gasteiger partial charge in [-0.1, -0.05) is 0 Å². The molecule has 78 heavy (non-hydrogen) atoms. The number of esters is 3. The molecule has 0 radical (unpaired) electrons. The number of carboxylic acids is 15. The Balaban J connectivity index is 0.000000585. The number of rotatable bonds is 21. The highest BCUT2D eigenvalue weighted by molar-refractivity contribution is 6.26. The molecule has 0 saturated heterocycles. The van der Waals surface area contributed by atoms with Crippen LogP contribution in [0.1, 0.15) is 207 Å². The van der Waals surface area contributed by atoms with Crippen LogP contribution in [-0.4, -0.2) is 204 Å². The van der Waals surface area contributed by atoms with Crippen LogP contribution in [0.5, 0.6) is 0 Å². The van der Waals surface area contributed by atoms with Crippen LogP contribution in [0.15, 0.2) is 0 Å². The Morgan fingerprint density at radius 1 is 0.192 bits per heavy atom. The topological polar surface area (TPSA) is 638 Å². The summed E-state index contributed by atoms with van der Waals surface area (Å²) < 4.78 is 13.4. The van der Waals surface area contributed by atoms with E-state index in [2.05, 4.69) is 14.2 Å². The Morgan fingerprint density at radius 2 is 0.269 bits per heavy atom. The molecular formula is C42H30O36. The van der Waals surface area contributed by atoms with Crippen LogP contribution in [0.4, 0.5) is 0 Å². The van der Waals surface area contributed by atoms with E-state index in [1.54, 1.807) is 0 Å². The molecule has 0 aliphatic carbocycles. The molecule has 36 heteroatoms. The van der Waals surface area contributed by atoms with Gasteiger partial charge in [-0.15, -0.1) is 0 Å². The molecule has 0 aliphatic rings. The summed E-state index contributed by atoms with van der Waals surface area (Å²) in [6.07, 6.45) is 0. The molecule has 0 fully saturated rings. The number of benzene rings is 3. The predicted octanol–water partition coefficient (Wildman–Crippen LogP) is 1.06. The summed E-state index contributed by atoms with van der Waals surface area (Å²) in [5, 5.41) is 138. The molecule has 0 unspecified atom stereocenters. The Hall–Kier alpha value is -11.9. The third kappa shape index (κ3) is 12.8. The van der Waals surface area contributed by atoms with E-state index in [-0.39, 0.29) is 19.8 Å². The number of carbonyl (C=O) groups is 18. The molecule has 3 aromatic rings. The van der Waals surface area contributed by atoms with Gasteiger partial charge in [0.1, 0.15) is 0 Å². The monoisotopic (exact) mass is 1110 g/mol. The van der Waals surface area contributed by atoms with Crippen molar-refractivity contribution < 1.29 is 177 Å². The molecule has 3 rings (SSSR count). The van der Waals surface area contributed by atoms with Gasteiger partial charge in [0.15, 0.2) is 0 Å². The van der Waals surface area contributed by atoms with Crippen LogP contribution in [-0.2, 0) is 14.2 Å². The molecule has 36 nitrogen and oxygen atoms in total. The fourth-order valence-corrected chi connectivity index (χ4v) is 6.68. The molecule has 0 saturated carbocycles. The molecule has 0 aromatic heterocycles. The Morgan fingerprint density at radius 3 is 0.333 bits per heavy atom. The molecule has 3 aromatic carbocycles. The second-order valence-electron chi connectivity index (χ2n) is 13.5. The lowest BCUT2D eigenvalue weighted by Crippen LogP contribution is -2.28. The van der Waals surface area contributed by atoms with Crippen LogP contribution in [0, 0.1) is 0 Å². The van der Waals surface area contributed by atoms with Gasteiger partial charge in [-0.25, -0.2) is 86.3 Å². The highest BCUT2D eigenvalue weighted by Crippen LogP contribution is 2.34. The van der Waals surface area contributed by atoms with Gasteiger partial charge in [0.25, 0.3) is 0 Å². The van der Waals surface area contributed by atoms with Gasteiger partial charge < -0.3 is 90.8 Å². The molecule has 0 amide bonds. The zero-order valence-electron chi connectivity index (χ0n) is 38.4. The summed E-state index contributed by atoms with van der Waals surface area (Å²) in [5.41, 5.74) is -27.3. The fourth-order valence-electron chi connectivity index (χ4n) is 6.68. The lowest BCUT2D eigenvalue weighted by molar-refractivity contribution is 0.0496. The third-order valence-corrected chi connectivity index (χ3v) is 9.15. The van der Waals surface area contributed by atoms with Gasteiger partial charge in [-0.05, 0) is 20.8 Å². The minimum atomic E-state index is -2.21. The highest BCUT2D eigenvalue weighted by Gasteiger charge is 2.44. The second kappa shape index (κ2) is 25.7. The maximum absolute atomic E-state index is 12.0. The van der Waals surface area contributed by atoms with Crippen LogP contribution >= 0.6 is 0 Å². The van der Waals surface area contributed by atoms with Crippen molar-refractivity contribution >= 4 is 107 Å². The summed E-state index contributed by atoms with van der Waals surface area (Å²) in [7, 11) is 0. The summed E-state index contributed by atoms with van der Waals surface area (Å²) in [4.78, 5) is 208. The smallest absolute Gasteiger partial charge is 0.339 e. The fraction of sp³-hybridized carbons (Fsp3) is 0.143. The van der Waals surface area contributed by atoms with Crippen LogP contribution in [0.2, 0.25) is 0 Å². The van der Waals surface area contributed by atoms with E-state index in [1.165, 1.54) is 20.8 Å². The molecule has 0 atom stereocenters. The molecule has 0 heterocycles. The molecule has 15 N–H and O–H groups in total. The number of carbonyl (C=O) groups excluding carboxylic acids is 3. The van der Waals surface area contributed by atoms with Crippen molar-refractivity contribution in [2.24, 2.45) is 0 Å². The van der Waals surface area contributed by atoms with Gasteiger partial charge >= 0.3 is 107 Å².